The second-order valence-corrected chi connectivity index (χ2v) is 5.76. The van der Waals surface area contributed by atoms with Gasteiger partial charge in [-0.25, -0.2) is 4.98 Å². The van der Waals surface area contributed by atoms with E-state index in [1.165, 1.54) is 0 Å². The zero-order valence-electron chi connectivity index (χ0n) is 13.7. The van der Waals surface area contributed by atoms with E-state index in [-0.39, 0.29) is 5.56 Å². The van der Waals surface area contributed by atoms with E-state index in [9.17, 15) is 4.79 Å². The first-order valence-corrected chi connectivity index (χ1v) is 8.06. The third-order valence-corrected chi connectivity index (χ3v) is 4.10. The molecule has 2 aromatic carbocycles. The second kappa shape index (κ2) is 6.32. The molecule has 0 aliphatic rings. The van der Waals surface area contributed by atoms with Crippen molar-refractivity contribution in [2.24, 2.45) is 0 Å². The molecule has 0 saturated heterocycles. The summed E-state index contributed by atoms with van der Waals surface area (Å²) in [6.07, 6.45) is 0.473. The minimum atomic E-state index is -0.0501. The molecular weight excluding hydrogens is 316 g/mol. The van der Waals surface area contributed by atoms with Crippen molar-refractivity contribution in [3.05, 3.63) is 76.7 Å². The van der Waals surface area contributed by atoms with Crippen LogP contribution in [0.5, 0.6) is 0 Å². The van der Waals surface area contributed by atoms with Crippen molar-refractivity contribution in [2.75, 3.05) is 0 Å². The van der Waals surface area contributed by atoms with E-state index < -0.39 is 0 Å². The summed E-state index contributed by atoms with van der Waals surface area (Å²) in [6.45, 7) is 2.27. The number of hydrogen-bond donors (Lipinski definition) is 0. The number of aryl methyl sites for hydroxylation is 2. The Balaban J connectivity index is 1.59. The fourth-order valence-electron chi connectivity index (χ4n) is 2.81. The van der Waals surface area contributed by atoms with Crippen LogP contribution in [-0.2, 0) is 13.0 Å². The molecule has 0 aliphatic carbocycles. The van der Waals surface area contributed by atoms with E-state index in [0.29, 0.717) is 41.4 Å². The number of fused-ring (bicyclic) bond motifs is 1. The first kappa shape index (κ1) is 15.3. The molecule has 0 fully saturated rings. The Hall–Kier alpha value is -3.28. The van der Waals surface area contributed by atoms with Gasteiger partial charge in [0.25, 0.3) is 5.56 Å². The minimum absolute atomic E-state index is 0.0501. The van der Waals surface area contributed by atoms with Gasteiger partial charge in [0.15, 0.2) is 0 Å². The molecule has 0 atom stereocenters. The quantitative estimate of drug-likeness (QED) is 0.574. The van der Waals surface area contributed by atoms with E-state index >= 15 is 0 Å². The maximum Gasteiger partial charge on any atom is 0.261 e. The largest absolute Gasteiger partial charge is 0.339 e. The number of hydrogen-bond acceptors (Lipinski definition) is 5. The highest BCUT2D eigenvalue weighted by molar-refractivity contribution is 5.77. The Morgan fingerprint density at radius 3 is 2.60 bits per heavy atom. The lowest BCUT2D eigenvalue weighted by atomic mass is 10.2. The van der Waals surface area contributed by atoms with Crippen LogP contribution in [0.3, 0.4) is 0 Å². The lowest BCUT2D eigenvalue weighted by Crippen LogP contribution is -2.24. The van der Waals surface area contributed by atoms with Gasteiger partial charge in [0.1, 0.15) is 5.82 Å². The molecule has 0 bridgehead atoms. The molecule has 0 unspecified atom stereocenters. The molecule has 2 heterocycles. The lowest BCUT2D eigenvalue weighted by molar-refractivity contribution is 0.370. The van der Waals surface area contributed by atoms with Crippen LogP contribution in [0.25, 0.3) is 22.3 Å². The van der Waals surface area contributed by atoms with Crippen LogP contribution in [0.15, 0.2) is 63.9 Å². The van der Waals surface area contributed by atoms with Crippen molar-refractivity contribution in [1.82, 2.24) is 19.7 Å². The van der Waals surface area contributed by atoms with Gasteiger partial charge in [0, 0.05) is 18.5 Å². The zero-order valence-corrected chi connectivity index (χ0v) is 13.7. The first-order chi connectivity index (χ1) is 12.2. The molecule has 0 aliphatic heterocycles. The molecule has 2 aromatic heterocycles. The Morgan fingerprint density at radius 1 is 1.00 bits per heavy atom. The Kier molecular flexibility index (Phi) is 3.85. The van der Waals surface area contributed by atoms with Gasteiger partial charge < -0.3 is 4.52 Å². The van der Waals surface area contributed by atoms with Crippen molar-refractivity contribution in [3.63, 3.8) is 0 Å². The predicted molar refractivity (Wildman–Crippen MR) is 94.2 cm³/mol. The van der Waals surface area contributed by atoms with Gasteiger partial charge in [0.2, 0.25) is 11.7 Å². The first-order valence-electron chi connectivity index (χ1n) is 8.06. The summed E-state index contributed by atoms with van der Waals surface area (Å²) in [7, 11) is 0. The van der Waals surface area contributed by atoms with Crippen molar-refractivity contribution in [1.29, 1.82) is 0 Å². The Labute approximate surface area is 143 Å². The monoisotopic (exact) mass is 332 g/mol. The standard InChI is InChI=1S/C19H16N4O2/c1-13-20-16-10-6-5-9-15(16)19(24)23(13)12-11-17-21-18(22-25-17)14-7-3-2-4-8-14/h2-10H,11-12H2,1H3. The zero-order chi connectivity index (χ0) is 17.2. The fraction of sp³-hybridized carbons (Fsp3) is 0.158. The third-order valence-electron chi connectivity index (χ3n) is 4.10. The molecule has 0 spiro atoms. The van der Waals surface area contributed by atoms with Crippen molar-refractivity contribution < 1.29 is 4.52 Å². The second-order valence-electron chi connectivity index (χ2n) is 5.76. The van der Waals surface area contributed by atoms with Gasteiger partial charge in [0.05, 0.1) is 10.9 Å². The van der Waals surface area contributed by atoms with Crippen molar-refractivity contribution >= 4 is 10.9 Å². The Bertz CT molecular complexity index is 1080. The van der Waals surface area contributed by atoms with Crippen molar-refractivity contribution in [2.45, 2.75) is 19.9 Å². The third kappa shape index (κ3) is 2.94. The summed E-state index contributed by atoms with van der Waals surface area (Å²) >= 11 is 0. The molecule has 4 aromatic rings. The molecule has 6 heteroatoms. The maximum absolute atomic E-state index is 12.7. The van der Waals surface area contributed by atoms with Gasteiger partial charge in [-0.1, -0.05) is 47.6 Å². The van der Waals surface area contributed by atoms with E-state index in [1.807, 2.05) is 55.5 Å². The lowest BCUT2D eigenvalue weighted by Gasteiger charge is -2.09. The van der Waals surface area contributed by atoms with Crippen LogP contribution in [0.2, 0.25) is 0 Å². The normalized spacial score (nSPS) is 11.1. The summed E-state index contributed by atoms with van der Waals surface area (Å²) in [4.78, 5) is 21.6. The summed E-state index contributed by atoms with van der Waals surface area (Å²) in [5.74, 6) is 1.72. The Morgan fingerprint density at radius 2 is 1.76 bits per heavy atom. The predicted octanol–water partition coefficient (Wildman–Crippen LogP) is 3.00. The average Bonchev–Trinajstić information content (AvgIpc) is 3.11. The topological polar surface area (TPSA) is 73.8 Å². The van der Waals surface area contributed by atoms with Crippen LogP contribution in [0.1, 0.15) is 11.7 Å². The van der Waals surface area contributed by atoms with E-state index in [0.717, 1.165) is 5.56 Å². The number of rotatable bonds is 4. The van der Waals surface area contributed by atoms with E-state index in [2.05, 4.69) is 15.1 Å². The average molecular weight is 332 g/mol. The molecular formula is C19H16N4O2. The maximum atomic E-state index is 12.7. The molecule has 6 nitrogen and oxygen atoms in total. The molecule has 25 heavy (non-hydrogen) atoms. The summed E-state index contributed by atoms with van der Waals surface area (Å²) in [6, 6.07) is 17.0. The molecule has 4 rings (SSSR count). The summed E-state index contributed by atoms with van der Waals surface area (Å²) < 4.78 is 6.96. The highest BCUT2D eigenvalue weighted by atomic mass is 16.5. The summed E-state index contributed by atoms with van der Waals surface area (Å²) in [5, 5.41) is 4.62. The molecule has 124 valence electrons. The molecule has 0 radical (unpaired) electrons. The number of nitrogens with zero attached hydrogens (tertiary/aromatic N) is 4. The molecule has 0 N–H and O–H groups in total. The van der Waals surface area contributed by atoms with Gasteiger partial charge in [-0.15, -0.1) is 0 Å². The van der Waals surface area contributed by atoms with Crippen LogP contribution in [0.4, 0.5) is 0 Å². The van der Waals surface area contributed by atoms with E-state index in [1.54, 1.807) is 10.6 Å². The van der Waals surface area contributed by atoms with Gasteiger partial charge in [-0.2, -0.15) is 4.98 Å². The highest BCUT2D eigenvalue weighted by Gasteiger charge is 2.11. The van der Waals surface area contributed by atoms with Crippen LogP contribution >= 0.6 is 0 Å². The number of para-hydroxylation sites is 1. The minimum Gasteiger partial charge on any atom is -0.339 e. The van der Waals surface area contributed by atoms with E-state index in [4.69, 9.17) is 4.52 Å². The highest BCUT2D eigenvalue weighted by Crippen LogP contribution is 2.15. The van der Waals surface area contributed by atoms with Gasteiger partial charge >= 0.3 is 0 Å². The smallest absolute Gasteiger partial charge is 0.261 e. The van der Waals surface area contributed by atoms with Gasteiger partial charge in [-0.3, -0.25) is 9.36 Å². The van der Waals surface area contributed by atoms with Crippen molar-refractivity contribution in [3.8, 4) is 11.4 Å². The SMILES string of the molecule is Cc1nc2ccccc2c(=O)n1CCc1nc(-c2ccccc2)no1. The van der Waals surface area contributed by atoms with Crippen LogP contribution in [0, 0.1) is 6.92 Å². The van der Waals surface area contributed by atoms with Crippen LogP contribution in [-0.4, -0.2) is 19.7 Å². The fourth-order valence-corrected chi connectivity index (χ4v) is 2.81. The molecule has 0 saturated carbocycles. The number of benzene rings is 2. The summed E-state index contributed by atoms with van der Waals surface area (Å²) in [5.41, 5.74) is 1.56. The number of aromatic nitrogens is 4. The van der Waals surface area contributed by atoms with Crippen LogP contribution < -0.4 is 5.56 Å². The molecule has 0 amide bonds. The van der Waals surface area contributed by atoms with Gasteiger partial charge in [-0.05, 0) is 19.1 Å².